The van der Waals surface area contributed by atoms with Crippen molar-refractivity contribution in [3.05, 3.63) is 18.2 Å². The molecule has 0 atom stereocenters. The monoisotopic (exact) mass is 215 g/mol. The molecule has 2 heterocycles. The van der Waals surface area contributed by atoms with E-state index in [4.69, 9.17) is 12.2 Å². The maximum absolute atomic E-state index is 5.97. The fourth-order valence-corrected chi connectivity index (χ4v) is 1.66. The van der Waals surface area contributed by atoms with Gasteiger partial charge in [-0.3, -0.25) is 4.68 Å². The molecule has 0 unspecified atom stereocenters. The molecule has 0 saturated heterocycles. The summed E-state index contributed by atoms with van der Waals surface area (Å²) in [5.41, 5.74) is 8.55. The third kappa shape index (κ3) is 1.54. The van der Waals surface area contributed by atoms with Gasteiger partial charge in [0.15, 0.2) is 0 Å². The normalized spacial score (nSPS) is 10.3. The van der Waals surface area contributed by atoms with Crippen molar-refractivity contribution < 1.29 is 0 Å². The third-order valence-electron chi connectivity index (χ3n) is 2.41. The van der Waals surface area contributed by atoms with Crippen LogP contribution in [-0.4, -0.2) is 19.3 Å². The van der Waals surface area contributed by atoms with E-state index in [0.717, 1.165) is 17.0 Å². The molecule has 0 saturated carbocycles. The first-order valence-electron chi connectivity index (χ1n) is 4.88. The molecule has 0 aliphatic heterocycles. The second-order valence-corrected chi connectivity index (χ2v) is 3.61. The van der Waals surface area contributed by atoms with E-state index in [2.05, 4.69) is 16.0 Å². The molecule has 2 aromatic rings. The van der Waals surface area contributed by atoms with Crippen molar-refractivity contribution >= 4 is 5.82 Å². The minimum atomic E-state index is 0.429. The summed E-state index contributed by atoms with van der Waals surface area (Å²) < 4.78 is 3.48. The van der Waals surface area contributed by atoms with Gasteiger partial charge >= 0.3 is 0 Å². The zero-order chi connectivity index (χ0) is 11.7. The molecule has 0 amide bonds. The van der Waals surface area contributed by atoms with Crippen LogP contribution in [0.1, 0.15) is 5.69 Å². The first-order chi connectivity index (χ1) is 7.63. The summed E-state index contributed by atoms with van der Waals surface area (Å²) in [6, 6.07) is 0. The summed E-state index contributed by atoms with van der Waals surface area (Å²) in [5.74, 6) is 3.11. The van der Waals surface area contributed by atoms with Gasteiger partial charge in [-0.05, 0) is 6.92 Å². The van der Waals surface area contributed by atoms with Gasteiger partial charge in [0.05, 0.1) is 18.6 Å². The topological polar surface area (TPSA) is 61.7 Å². The van der Waals surface area contributed by atoms with E-state index in [-0.39, 0.29) is 0 Å². The minimum absolute atomic E-state index is 0.429. The molecule has 5 nitrogen and oxygen atoms in total. The quantitative estimate of drug-likeness (QED) is 0.754. The van der Waals surface area contributed by atoms with Crippen molar-refractivity contribution in [2.75, 3.05) is 5.73 Å². The second kappa shape index (κ2) is 3.74. The molecule has 2 rings (SSSR count). The molecule has 0 aliphatic carbocycles. The Labute approximate surface area is 93.9 Å². The van der Waals surface area contributed by atoms with Crippen LogP contribution < -0.4 is 5.73 Å². The number of anilines is 1. The summed E-state index contributed by atoms with van der Waals surface area (Å²) in [4.78, 5) is 4.27. The average Bonchev–Trinajstić information content (AvgIpc) is 2.73. The van der Waals surface area contributed by atoms with E-state index < -0.39 is 0 Å². The molecule has 0 spiro atoms. The van der Waals surface area contributed by atoms with Crippen LogP contribution in [0.15, 0.2) is 12.5 Å². The van der Waals surface area contributed by atoms with Crippen LogP contribution in [0.3, 0.4) is 0 Å². The Morgan fingerprint density at radius 1 is 1.56 bits per heavy atom. The predicted molar refractivity (Wildman–Crippen MR) is 62.4 cm³/mol. The number of rotatable bonds is 2. The van der Waals surface area contributed by atoms with Crippen LogP contribution >= 0.6 is 0 Å². The molecule has 2 aromatic heterocycles. The van der Waals surface area contributed by atoms with Crippen LogP contribution in [0.25, 0.3) is 11.3 Å². The summed E-state index contributed by atoms with van der Waals surface area (Å²) in [7, 11) is 1.87. The molecule has 0 radical (unpaired) electrons. The zero-order valence-electron chi connectivity index (χ0n) is 9.31. The maximum atomic E-state index is 5.97. The number of aromatic nitrogens is 4. The fraction of sp³-hybridized carbons (Fsp3) is 0.273. The van der Waals surface area contributed by atoms with Gasteiger partial charge in [0, 0.05) is 18.8 Å². The van der Waals surface area contributed by atoms with E-state index in [1.807, 2.05) is 20.2 Å². The number of nitrogens with zero attached hydrogens (tertiary/aromatic N) is 4. The van der Waals surface area contributed by atoms with E-state index in [9.17, 15) is 0 Å². The highest BCUT2D eigenvalue weighted by Gasteiger charge is 2.13. The smallest absolute Gasteiger partial charge is 0.132 e. The molecular weight excluding hydrogens is 202 g/mol. The lowest BCUT2D eigenvalue weighted by Crippen LogP contribution is -2.00. The molecule has 0 fully saturated rings. The first-order valence-corrected chi connectivity index (χ1v) is 4.88. The lowest BCUT2D eigenvalue weighted by Gasteiger charge is -2.00. The summed E-state index contributed by atoms with van der Waals surface area (Å²) in [6.45, 7) is 2.35. The largest absolute Gasteiger partial charge is 0.383 e. The molecule has 0 aliphatic rings. The van der Waals surface area contributed by atoms with E-state index in [0.29, 0.717) is 12.4 Å². The van der Waals surface area contributed by atoms with Gasteiger partial charge in [0.2, 0.25) is 0 Å². The predicted octanol–water partition coefficient (Wildman–Crippen LogP) is 0.807. The number of nitrogens with two attached hydrogens (primary N) is 1. The van der Waals surface area contributed by atoms with Crippen molar-refractivity contribution in [3.8, 4) is 23.6 Å². The number of hydrogen-bond donors (Lipinski definition) is 1. The molecule has 0 aromatic carbocycles. The Bertz CT molecular complexity index is 555. The van der Waals surface area contributed by atoms with Gasteiger partial charge in [-0.2, -0.15) is 5.10 Å². The standard InChI is InChI=1S/C11H13N5/c1-4-5-16-7-13-10(11(16)12)9-6-15(3)14-8(9)2/h1,6-7H,5,12H2,2-3H3. The number of terminal acetylenes is 1. The van der Waals surface area contributed by atoms with Gasteiger partial charge in [-0.25, -0.2) is 4.98 Å². The summed E-state index contributed by atoms with van der Waals surface area (Å²) in [5, 5.41) is 4.26. The van der Waals surface area contributed by atoms with Crippen LogP contribution in [-0.2, 0) is 13.6 Å². The molecule has 82 valence electrons. The Hall–Kier alpha value is -2.22. The Morgan fingerprint density at radius 2 is 2.31 bits per heavy atom. The van der Waals surface area contributed by atoms with Crippen molar-refractivity contribution in [1.82, 2.24) is 19.3 Å². The van der Waals surface area contributed by atoms with Gasteiger partial charge < -0.3 is 10.3 Å². The van der Waals surface area contributed by atoms with E-state index >= 15 is 0 Å². The van der Waals surface area contributed by atoms with Crippen molar-refractivity contribution in [3.63, 3.8) is 0 Å². The lowest BCUT2D eigenvalue weighted by atomic mass is 10.2. The van der Waals surface area contributed by atoms with Gasteiger partial charge in [0.25, 0.3) is 0 Å². The Kier molecular flexibility index (Phi) is 2.41. The average molecular weight is 215 g/mol. The van der Waals surface area contributed by atoms with Crippen LogP contribution in [0.4, 0.5) is 5.82 Å². The summed E-state index contributed by atoms with van der Waals surface area (Å²) >= 11 is 0. The van der Waals surface area contributed by atoms with Crippen LogP contribution in [0.2, 0.25) is 0 Å². The molecule has 0 bridgehead atoms. The van der Waals surface area contributed by atoms with Crippen molar-refractivity contribution in [1.29, 1.82) is 0 Å². The number of imidazole rings is 1. The minimum Gasteiger partial charge on any atom is -0.383 e. The number of aryl methyl sites for hydroxylation is 2. The van der Waals surface area contributed by atoms with Gasteiger partial charge in [0.1, 0.15) is 11.5 Å². The lowest BCUT2D eigenvalue weighted by molar-refractivity contribution is 0.756. The Morgan fingerprint density at radius 3 is 2.88 bits per heavy atom. The summed E-state index contributed by atoms with van der Waals surface area (Å²) in [6.07, 6.45) is 8.79. The molecule has 2 N–H and O–H groups in total. The van der Waals surface area contributed by atoms with Crippen LogP contribution in [0, 0.1) is 19.3 Å². The highest BCUT2D eigenvalue weighted by Crippen LogP contribution is 2.26. The SMILES string of the molecule is C#CCn1cnc(-c2cn(C)nc2C)c1N. The first kappa shape index (κ1) is 10.3. The van der Waals surface area contributed by atoms with E-state index in [1.165, 1.54) is 0 Å². The number of hydrogen-bond acceptors (Lipinski definition) is 3. The Balaban J connectivity index is 2.49. The van der Waals surface area contributed by atoms with Gasteiger partial charge in [-0.15, -0.1) is 6.42 Å². The molecule has 5 heteroatoms. The third-order valence-corrected chi connectivity index (χ3v) is 2.41. The van der Waals surface area contributed by atoms with Crippen molar-refractivity contribution in [2.45, 2.75) is 13.5 Å². The van der Waals surface area contributed by atoms with Gasteiger partial charge in [-0.1, -0.05) is 5.92 Å². The van der Waals surface area contributed by atoms with Crippen molar-refractivity contribution in [2.24, 2.45) is 7.05 Å². The zero-order valence-corrected chi connectivity index (χ0v) is 9.31. The second-order valence-electron chi connectivity index (χ2n) is 3.61. The molecular formula is C11H13N5. The molecule has 16 heavy (non-hydrogen) atoms. The van der Waals surface area contributed by atoms with E-state index in [1.54, 1.807) is 15.6 Å². The maximum Gasteiger partial charge on any atom is 0.132 e. The highest BCUT2D eigenvalue weighted by atomic mass is 15.3. The number of nitrogen functional groups attached to an aromatic ring is 1. The fourth-order valence-electron chi connectivity index (χ4n) is 1.66. The highest BCUT2D eigenvalue weighted by molar-refractivity contribution is 5.71. The van der Waals surface area contributed by atoms with Crippen LogP contribution in [0.5, 0.6) is 0 Å².